The maximum absolute atomic E-state index is 12.5. The van der Waals surface area contributed by atoms with Gasteiger partial charge in [0.05, 0.1) is 6.21 Å². The Kier molecular flexibility index (Phi) is 9.57. The van der Waals surface area contributed by atoms with Crippen LogP contribution in [0.5, 0.6) is 5.75 Å². The van der Waals surface area contributed by atoms with Gasteiger partial charge >= 0.3 is 11.8 Å². The van der Waals surface area contributed by atoms with Crippen LogP contribution in [0.3, 0.4) is 0 Å². The molecule has 0 saturated carbocycles. The molecule has 0 fully saturated rings. The average molecular weight is 565 g/mol. The van der Waals surface area contributed by atoms with Crippen LogP contribution in [0.1, 0.15) is 33.4 Å². The molecule has 0 aliphatic rings. The van der Waals surface area contributed by atoms with Crippen molar-refractivity contribution in [1.29, 1.82) is 0 Å². The highest BCUT2D eigenvalue weighted by Crippen LogP contribution is 2.23. The van der Waals surface area contributed by atoms with Crippen LogP contribution in [0.15, 0.2) is 64.2 Å². The van der Waals surface area contributed by atoms with Crippen LogP contribution < -0.4 is 20.8 Å². The second-order valence-corrected chi connectivity index (χ2v) is 9.58. The molecule has 37 heavy (non-hydrogen) atoms. The number of hydrazone groups is 1. The number of aryl methyl sites for hydroxylation is 4. The Morgan fingerprint density at radius 1 is 0.892 bits per heavy atom. The Bertz CT molecular complexity index is 1310. The summed E-state index contributed by atoms with van der Waals surface area (Å²) in [6.07, 6.45) is 1.34. The smallest absolute Gasteiger partial charge is 0.329 e. The predicted octanol–water partition coefficient (Wildman–Crippen LogP) is 4.47. The van der Waals surface area contributed by atoms with E-state index in [1.165, 1.54) is 6.21 Å². The largest absolute Gasteiger partial charge is 0.483 e. The number of nitrogens with one attached hydrogen (secondary N) is 3. The van der Waals surface area contributed by atoms with Crippen molar-refractivity contribution < 1.29 is 19.1 Å². The summed E-state index contributed by atoms with van der Waals surface area (Å²) in [5, 5.41) is 9.32. The van der Waals surface area contributed by atoms with Gasteiger partial charge in [0.2, 0.25) is 0 Å². The van der Waals surface area contributed by atoms with E-state index < -0.39 is 11.8 Å². The normalized spacial score (nSPS) is 10.7. The second-order valence-electron chi connectivity index (χ2n) is 8.66. The molecule has 3 aromatic carbocycles. The van der Waals surface area contributed by atoms with E-state index in [0.29, 0.717) is 11.3 Å². The lowest BCUT2D eigenvalue weighted by molar-refractivity contribution is -0.139. The quantitative estimate of drug-likeness (QED) is 0.213. The summed E-state index contributed by atoms with van der Waals surface area (Å²) in [6, 6.07) is 16.8. The Morgan fingerprint density at radius 3 is 2.24 bits per heavy atom. The van der Waals surface area contributed by atoms with Gasteiger partial charge in [0.15, 0.2) is 6.61 Å². The predicted molar refractivity (Wildman–Crippen MR) is 148 cm³/mol. The number of rotatable bonds is 8. The summed E-state index contributed by atoms with van der Waals surface area (Å²) in [4.78, 5) is 36.7. The van der Waals surface area contributed by atoms with E-state index in [9.17, 15) is 14.4 Å². The van der Waals surface area contributed by atoms with Crippen LogP contribution >= 0.6 is 15.9 Å². The molecule has 8 nitrogen and oxygen atoms in total. The molecule has 3 amide bonds. The van der Waals surface area contributed by atoms with Gasteiger partial charge in [-0.05, 0) is 62.6 Å². The van der Waals surface area contributed by atoms with Crippen molar-refractivity contribution in [2.75, 3.05) is 11.9 Å². The number of benzene rings is 3. The Balaban J connectivity index is 1.56. The molecule has 0 atom stereocenters. The van der Waals surface area contributed by atoms with Gasteiger partial charge in [0, 0.05) is 22.3 Å². The van der Waals surface area contributed by atoms with Crippen molar-refractivity contribution >= 4 is 45.6 Å². The lowest BCUT2D eigenvalue weighted by atomic mass is 10.1. The monoisotopic (exact) mass is 564 g/mol. The zero-order valence-electron chi connectivity index (χ0n) is 21.1. The first-order valence-corrected chi connectivity index (χ1v) is 12.4. The third-order valence-corrected chi connectivity index (χ3v) is 5.91. The summed E-state index contributed by atoms with van der Waals surface area (Å²) in [5.41, 5.74) is 8.53. The average Bonchev–Trinajstić information content (AvgIpc) is 2.85. The molecular formula is C28H29BrN4O4. The van der Waals surface area contributed by atoms with E-state index in [2.05, 4.69) is 37.1 Å². The molecule has 3 aromatic rings. The van der Waals surface area contributed by atoms with Crippen LogP contribution in [-0.4, -0.2) is 30.5 Å². The van der Waals surface area contributed by atoms with Crippen LogP contribution in [0.25, 0.3) is 0 Å². The fourth-order valence-electron chi connectivity index (χ4n) is 3.63. The van der Waals surface area contributed by atoms with E-state index in [1.54, 1.807) is 18.2 Å². The Hall–Kier alpha value is -3.98. The van der Waals surface area contributed by atoms with Crippen molar-refractivity contribution in [3.63, 3.8) is 0 Å². The zero-order chi connectivity index (χ0) is 26.9. The molecule has 0 unspecified atom stereocenters. The topological polar surface area (TPSA) is 109 Å². The lowest BCUT2D eigenvalue weighted by Crippen LogP contribution is -2.37. The third-order valence-electron chi connectivity index (χ3n) is 5.42. The first kappa shape index (κ1) is 27.6. The van der Waals surface area contributed by atoms with E-state index in [1.807, 2.05) is 64.1 Å². The molecule has 3 rings (SSSR count). The summed E-state index contributed by atoms with van der Waals surface area (Å²) in [6.45, 7) is 7.86. The fraction of sp³-hybridized carbons (Fsp3) is 0.214. The fourth-order valence-corrected chi connectivity index (χ4v) is 4.01. The Morgan fingerprint density at radius 2 is 1.57 bits per heavy atom. The number of carbonyl (C=O) groups is 3. The molecule has 0 aliphatic carbocycles. The highest BCUT2D eigenvalue weighted by atomic mass is 79.9. The molecule has 0 saturated heterocycles. The van der Waals surface area contributed by atoms with Crippen LogP contribution in [0.2, 0.25) is 0 Å². The van der Waals surface area contributed by atoms with Gasteiger partial charge in [-0.1, -0.05) is 63.5 Å². The van der Waals surface area contributed by atoms with Gasteiger partial charge in [0.1, 0.15) is 5.75 Å². The molecule has 3 N–H and O–H groups in total. The standard InChI is InChI=1S/C28H29BrN4O4/c1-17-5-7-21(8-6-17)14-30-27(35)28(36)33-31-15-22-13-23(29)9-10-24(22)37-16-25(34)32-26-19(3)11-18(2)12-20(26)4/h5-13,15H,14,16H2,1-4H3,(H,30,35)(H,32,34)(H,33,36)/b31-15-. The van der Waals surface area contributed by atoms with Gasteiger partial charge in [-0.25, -0.2) is 5.43 Å². The molecule has 192 valence electrons. The molecule has 0 spiro atoms. The second kappa shape index (κ2) is 12.8. The molecule has 0 radical (unpaired) electrons. The van der Waals surface area contributed by atoms with Crippen molar-refractivity contribution in [1.82, 2.24) is 10.7 Å². The van der Waals surface area contributed by atoms with E-state index in [0.717, 1.165) is 38.0 Å². The molecule has 0 bridgehead atoms. The van der Waals surface area contributed by atoms with Crippen molar-refractivity contribution in [2.45, 2.75) is 34.2 Å². The van der Waals surface area contributed by atoms with E-state index in [-0.39, 0.29) is 19.1 Å². The van der Waals surface area contributed by atoms with Crippen LogP contribution in [0.4, 0.5) is 5.69 Å². The first-order chi connectivity index (χ1) is 17.6. The highest BCUT2D eigenvalue weighted by Gasteiger charge is 2.13. The SMILES string of the molecule is Cc1ccc(CNC(=O)C(=O)N/N=C\c2cc(Br)ccc2OCC(=O)Nc2c(C)cc(C)cc2C)cc1. The number of amides is 3. The Labute approximate surface area is 224 Å². The number of carbonyl (C=O) groups excluding carboxylic acids is 3. The maximum atomic E-state index is 12.5. The zero-order valence-corrected chi connectivity index (χ0v) is 22.7. The maximum Gasteiger partial charge on any atom is 0.329 e. The van der Waals surface area contributed by atoms with Gasteiger partial charge in [-0.15, -0.1) is 0 Å². The van der Waals surface area contributed by atoms with Crippen molar-refractivity contribution in [3.8, 4) is 5.75 Å². The minimum absolute atomic E-state index is 0.219. The number of halogens is 1. The highest BCUT2D eigenvalue weighted by molar-refractivity contribution is 9.10. The summed E-state index contributed by atoms with van der Waals surface area (Å²) in [7, 11) is 0. The number of anilines is 1. The van der Waals surface area contributed by atoms with Crippen molar-refractivity contribution in [2.24, 2.45) is 5.10 Å². The number of nitrogens with zero attached hydrogens (tertiary/aromatic N) is 1. The number of ether oxygens (including phenoxy) is 1. The van der Waals surface area contributed by atoms with Crippen LogP contribution in [-0.2, 0) is 20.9 Å². The number of hydrogen-bond acceptors (Lipinski definition) is 5. The summed E-state index contributed by atoms with van der Waals surface area (Å²) >= 11 is 3.39. The molecule has 0 aliphatic heterocycles. The third kappa shape index (κ3) is 8.28. The van der Waals surface area contributed by atoms with Crippen molar-refractivity contribution in [3.05, 3.63) is 92.5 Å². The van der Waals surface area contributed by atoms with Crippen LogP contribution in [0, 0.1) is 27.7 Å². The van der Waals surface area contributed by atoms with E-state index >= 15 is 0 Å². The summed E-state index contributed by atoms with van der Waals surface area (Å²) in [5.74, 6) is -1.62. The molecule has 0 aromatic heterocycles. The van der Waals surface area contributed by atoms with Gasteiger partial charge < -0.3 is 15.4 Å². The van der Waals surface area contributed by atoms with Gasteiger partial charge in [-0.2, -0.15) is 5.10 Å². The molecular weight excluding hydrogens is 536 g/mol. The summed E-state index contributed by atoms with van der Waals surface area (Å²) < 4.78 is 6.46. The van der Waals surface area contributed by atoms with Gasteiger partial charge in [-0.3, -0.25) is 14.4 Å². The minimum Gasteiger partial charge on any atom is -0.483 e. The molecule has 0 heterocycles. The van der Waals surface area contributed by atoms with E-state index in [4.69, 9.17) is 4.74 Å². The molecule has 9 heteroatoms. The van der Waals surface area contributed by atoms with Gasteiger partial charge in [0.25, 0.3) is 5.91 Å². The minimum atomic E-state index is -0.899. The first-order valence-electron chi connectivity index (χ1n) is 11.6. The number of hydrogen-bond donors (Lipinski definition) is 3. The lowest BCUT2D eigenvalue weighted by Gasteiger charge is -2.14.